The van der Waals surface area contributed by atoms with Crippen LogP contribution in [0.1, 0.15) is 33.6 Å². The van der Waals surface area contributed by atoms with Gasteiger partial charge in [0.2, 0.25) is 0 Å². The lowest BCUT2D eigenvalue weighted by Gasteiger charge is -2.23. The second kappa shape index (κ2) is 6.36. The average molecular weight is 266 g/mol. The second-order valence-corrected chi connectivity index (χ2v) is 5.56. The van der Waals surface area contributed by atoms with Gasteiger partial charge in [-0.3, -0.25) is 4.79 Å². The fourth-order valence-electron chi connectivity index (χ4n) is 1.59. The molecule has 1 heterocycles. The molecule has 0 aromatic carbocycles. The molecule has 0 aliphatic heterocycles. The van der Waals surface area contributed by atoms with Gasteiger partial charge in [0.15, 0.2) is 0 Å². The summed E-state index contributed by atoms with van der Waals surface area (Å²) >= 11 is 0. The highest BCUT2D eigenvalue weighted by molar-refractivity contribution is 5.66. The maximum Gasteiger partial charge on any atom is 0.303 e. The van der Waals surface area contributed by atoms with E-state index in [-0.39, 0.29) is 12.0 Å². The number of hydrogen-bond acceptors (Lipinski definition) is 5. The summed E-state index contributed by atoms with van der Waals surface area (Å²) in [6, 6.07) is 1.87. The van der Waals surface area contributed by atoms with E-state index in [0.717, 1.165) is 11.6 Å². The minimum Gasteiger partial charge on any atom is -0.481 e. The lowest BCUT2D eigenvalue weighted by Crippen LogP contribution is -2.27. The largest absolute Gasteiger partial charge is 0.481 e. The van der Waals surface area contributed by atoms with Crippen LogP contribution in [0.4, 0.5) is 11.6 Å². The van der Waals surface area contributed by atoms with E-state index in [0.29, 0.717) is 13.0 Å². The molecule has 0 amide bonds. The van der Waals surface area contributed by atoms with Gasteiger partial charge in [0, 0.05) is 31.6 Å². The van der Waals surface area contributed by atoms with Gasteiger partial charge in [0.1, 0.15) is 18.0 Å². The fourth-order valence-corrected chi connectivity index (χ4v) is 1.59. The first-order chi connectivity index (χ1) is 8.78. The van der Waals surface area contributed by atoms with Gasteiger partial charge < -0.3 is 15.3 Å². The Hall–Kier alpha value is -1.85. The molecule has 106 valence electrons. The molecule has 19 heavy (non-hydrogen) atoms. The predicted molar refractivity (Wildman–Crippen MR) is 75.5 cm³/mol. The second-order valence-electron chi connectivity index (χ2n) is 5.56. The molecular formula is C13H22N4O2. The smallest absolute Gasteiger partial charge is 0.303 e. The molecular weight excluding hydrogens is 244 g/mol. The number of nitrogens with one attached hydrogen (secondary N) is 1. The summed E-state index contributed by atoms with van der Waals surface area (Å²) in [5.41, 5.74) is -0.0620. The van der Waals surface area contributed by atoms with Gasteiger partial charge >= 0.3 is 5.97 Å². The van der Waals surface area contributed by atoms with Crippen LogP contribution in [0, 0.1) is 0 Å². The highest BCUT2D eigenvalue weighted by Crippen LogP contribution is 2.16. The van der Waals surface area contributed by atoms with E-state index in [9.17, 15) is 4.79 Å². The summed E-state index contributed by atoms with van der Waals surface area (Å²) in [4.78, 5) is 20.8. The number of aromatic nitrogens is 2. The van der Waals surface area contributed by atoms with Crippen LogP contribution in [-0.2, 0) is 4.79 Å². The first-order valence-corrected chi connectivity index (χ1v) is 6.31. The van der Waals surface area contributed by atoms with Crippen molar-refractivity contribution >= 4 is 17.6 Å². The van der Waals surface area contributed by atoms with Crippen molar-refractivity contribution < 1.29 is 9.90 Å². The predicted octanol–water partition coefficient (Wildman–Crippen LogP) is 1.99. The number of anilines is 2. The lowest BCUT2D eigenvalue weighted by atomic mass is 10.1. The van der Waals surface area contributed by atoms with Crippen molar-refractivity contribution in [2.24, 2.45) is 0 Å². The zero-order valence-corrected chi connectivity index (χ0v) is 12.0. The zero-order valence-electron chi connectivity index (χ0n) is 12.0. The Bertz CT molecular complexity index is 429. The molecule has 1 aromatic heterocycles. The van der Waals surface area contributed by atoms with Gasteiger partial charge in [-0.15, -0.1) is 0 Å². The summed E-state index contributed by atoms with van der Waals surface area (Å²) < 4.78 is 0. The SMILES string of the molecule is CN(CCCC(=O)O)c1cc(NC(C)(C)C)ncn1. The first-order valence-electron chi connectivity index (χ1n) is 6.31. The van der Waals surface area contributed by atoms with Crippen LogP contribution in [-0.4, -0.2) is 40.2 Å². The van der Waals surface area contributed by atoms with Crippen LogP contribution in [0.2, 0.25) is 0 Å². The molecule has 6 heteroatoms. The Balaban J connectivity index is 2.62. The quantitative estimate of drug-likeness (QED) is 0.819. The van der Waals surface area contributed by atoms with E-state index in [1.807, 2.05) is 18.0 Å². The van der Waals surface area contributed by atoms with Gasteiger partial charge in [-0.25, -0.2) is 9.97 Å². The molecule has 1 rings (SSSR count). The first kappa shape index (κ1) is 15.2. The van der Waals surface area contributed by atoms with Gasteiger partial charge in [0.25, 0.3) is 0 Å². The van der Waals surface area contributed by atoms with E-state index in [2.05, 4.69) is 36.1 Å². The van der Waals surface area contributed by atoms with Gasteiger partial charge in [-0.2, -0.15) is 0 Å². The van der Waals surface area contributed by atoms with E-state index in [4.69, 9.17) is 5.11 Å². The summed E-state index contributed by atoms with van der Waals surface area (Å²) in [7, 11) is 1.89. The molecule has 0 aliphatic carbocycles. The molecule has 0 unspecified atom stereocenters. The number of carbonyl (C=O) groups is 1. The van der Waals surface area contributed by atoms with Crippen LogP contribution in [0.25, 0.3) is 0 Å². The number of aliphatic carboxylic acids is 1. The summed E-state index contributed by atoms with van der Waals surface area (Å²) in [5, 5.41) is 11.9. The Morgan fingerprint density at radius 1 is 1.42 bits per heavy atom. The third kappa shape index (κ3) is 6.03. The van der Waals surface area contributed by atoms with E-state index in [1.54, 1.807) is 0 Å². The van der Waals surface area contributed by atoms with E-state index < -0.39 is 5.97 Å². The van der Waals surface area contributed by atoms with Crippen molar-refractivity contribution in [1.82, 2.24) is 9.97 Å². The molecule has 0 saturated carbocycles. The van der Waals surface area contributed by atoms with Crippen LogP contribution in [0.5, 0.6) is 0 Å². The Morgan fingerprint density at radius 3 is 2.68 bits per heavy atom. The van der Waals surface area contributed by atoms with Crippen molar-refractivity contribution in [1.29, 1.82) is 0 Å². The molecule has 2 N–H and O–H groups in total. The van der Waals surface area contributed by atoms with Crippen LogP contribution >= 0.6 is 0 Å². The maximum absolute atomic E-state index is 10.5. The van der Waals surface area contributed by atoms with Gasteiger partial charge in [-0.1, -0.05) is 0 Å². The fraction of sp³-hybridized carbons (Fsp3) is 0.615. The van der Waals surface area contributed by atoms with E-state index in [1.165, 1.54) is 6.33 Å². The monoisotopic (exact) mass is 266 g/mol. The molecule has 1 aromatic rings. The highest BCUT2D eigenvalue weighted by atomic mass is 16.4. The van der Waals surface area contributed by atoms with Crippen molar-refractivity contribution in [3.63, 3.8) is 0 Å². The minimum absolute atomic E-state index is 0.0620. The molecule has 0 atom stereocenters. The van der Waals surface area contributed by atoms with E-state index >= 15 is 0 Å². The molecule has 0 radical (unpaired) electrons. The van der Waals surface area contributed by atoms with Crippen molar-refractivity contribution in [2.75, 3.05) is 23.8 Å². The van der Waals surface area contributed by atoms with Crippen molar-refractivity contribution in [2.45, 2.75) is 39.2 Å². The van der Waals surface area contributed by atoms with Crippen LogP contribution < -0.4 is 10.2 Å². The summed E-state index contributed by atoms with van der Waals surface area (Å²) in [6.07, 6.45) is 2.28. The summed E-state index contributed by atoms with van der Waals surface area (Å²) in [6.45, 7) is 6.83. The van der Waals surface area contributed by atoms with Crippen LogP contribution in [0.15, 0.2) is 12.4 Å². The number of carboxylic acids is 1. The third-order valence-electron chi connectivity index (χ3n) is 2.43. The number of carboxylic acid groups (broad SMARTS) is 1. The number of hydrogen-bond donors (Lipinski definition) is 2. The van der Waals surface area contributed by atoms with Crippen LogP contribution in [0.3, 0.4) is 0 Å². The number of rotatable bonds is 6. The molecule has 6 nitrogen and oxygen atoms in total. The molecule has 0 saturated heterocycles. The zero-order chi connectivity index (χ0) is 14.5. The average Bonchev–Trinajstić information content (AvgIpc) is 2.26. The maximum atomic E-state index is 10.5. The molecule has 0 aliphatic rings. The van der Waals surface area contributed by atoms with Gasteiger partial charge in [-0.05, 0) is 27.2 Å². The highest BCUT2D eigenvalue weighted by Gasteiger charge is 2.11. The van der Waals surface area contributed by atoms with Crippen molar-refractivity contribution in [3.05, 3.63) is 12.4 Å². The molecule has 0 fully saturated rings. The molecule has 0 bridgehead atoms. The number of nitrogens with zero attached hydrogens (tertiary/aromatic N) is 3. The Kier molecular flexibility index (Phi) is 5.09. The van der Waals surface area contributed by atoms with Crippen molar-refractivity contribution in [3.8, 4) is 0 Å². The standard InChI is InChI=1S/C13H22N4O2/c1-13(2,3)16-10-8-11(15-9-14-10)17(4)7-5-6-12(18)19/h8-9H,5-7H2,1-4H3,(H,18,19)(H,14,15,16). The third-order valence-corrected chi connectivity index (χ3v) is 2.43. The Labute approximate surface area is 113 Å². The topological polar surface area (TPSA) is 78.4 Å². The Morgan fingerprint density at radius 2 is 2.11 bits per heavy atom. The lowest BCUT2D eigenvalue weighted by molar-refractivity contribution is -0.137. The van der Waals surface area contributed by atoms with Gasteiger partial charge in [0.05, 0.1) is 0 Å². The normalized spacial score (nSPS) is 11.2. The minimum atomic E-state index is -0.772. The summed E-state index contributed by atoms with van der Waals surface area (Å²) in [5.74, 6) is 0.779. The molecule has 0 spiro atoms.